The van der Waals surface area contributed by atoms with Crippen LogP contribution in [-0.4, -0.2) is 59.0 Å². The number of nitrogens with zero attached hydrogens (tertiary/aromatic N) is 4. The number of aliphatic imine (C=N–C) groups is 1. The van der Waals surface area contributed by atoms with Crippen LogP contribution in [0.2, 0.25) is 0 Å². The molecule has 1 aromatic carbocycles. The Hall–Kier alpha value is -3.20. The molecule has 196 valence electrons. The third kappa shape index (κ3) is 8.19. The average Bonchev–Trinajstić information content (AvgIpc) is 2.79. The van der Waals surface area contributed by atoms with Gasteiger partial charge in [-0.05, 0) is 92.1 Å². The molecular formula is C27H41N7O2. The number of aromatic nitrogens is 2. The van der Waals surface area contributed by atoms with E-state index in [1.54, 1.807) is 6.21 Å². The molecule has 3 rings (SSSR count). The molecule has 0 saturated heterocycles. The van der Waals surface area contributed by atoms with Gasteiger partial charge in [-0.3, -0.25) is 4.99 Å². The summed E-state index contributed by atoms with van der Waals surface area (Å²) in [7, 11) is 4.30. The van der Waals surface area contributed by atoms with Crippen LogP contribution in [0, 0.1) is 6.92 Å². The Bertz CT molecular complexity index is 1050. The van der Waals surface area contributed by atoms with Crippen molar-refractivity contribution in [1.82, 2.24) is 20.2 Å². The second-order valence-electron chi connectivity index (χ2n) is 10.5. The second kappa shape index (κ2) is 12.2. The van der Waals surface area contributed by atoms with Gasteiger partial charge in [-0.2, -0.15) is 4.98 Å². The van der Waals surface area contributed by atoms with Crippen LogP contribution in [0.25, 0.3) is 0 Å². The van der Waals surface area contributed by atoms with Gasteiger partial charge < -0.3 is 25.6 Å². The summed E-state index contributed by atoms with van der Waals surface area (Å²) < 4.78 is 5.33. The van der Waals surface area contributed by atoms with E-state index in [1.165, 1.54) is 0 Å². The lowest BCUT2D eigenvalue weighted by molar-refractivity contribution is 0.0523. The number of carbonyl (C=O) groups excluding carboxylic acids is 1. The van der Waals surface area contributed by atoms with Crippen molar-refractivity contribution in [2.75, 3.05) is 24.7 Å². The summed E-state index contributed by atoms with van der Waals surface area (Å²) in [6.07, 6.45) is 5.81. The first-order valence-corrected chi connectivity index (χ1v) is 12.7. The zero-order valence-corrected chi connectivity index (χ0v) is 22.7. The minimum atomic E-state index is -0.536. The fraction of sp³-hybridized carbons (Fsp3) is 0.556. The molecule has 0 bridgehead atoms. The first-order valence-electron chi connectivity index (χ1n) is 12.7. The summed E-state index contributed by atoms with van der Waals surface area (Å²) in [5.74, 6) is 1.25. The molecular weight excluding hydrogens is 454 g/mol. The molecule has 0 aliphatic heterocycles. The minimum absolute atomic E-state index is 0.357. The predicted molar refractivity (Wildman–Crippen MR) is 147 cm³/mol. The van der Waals surface area contributed by atoms with E-state index in [1.807, 2.05) is 58.9 Å². The number of anilines is 3. The molecule has 1 aromatic heterocycles. The maximum absolute atomic E-state index is 12.0. The van der Waals surface area contributed by atoms with Crippen LogP contribution in [0.5, 0.6) is 0 Å². The summed E-state index contributed by atoms with van der Waals surface area (Å²) in [6, 6.07) is 8.83. The summed E-state index contributed by atoms with van der Waals surface area (Å²) in [5.41, 5.74) is 2.76. The molecule has 9 nitrogen and oxygen atoms in total. The maximum atomic E-state index is 12.0. The van der Waals surface area contributed by atoms with E-state index in [2.05, 4.69) is 39.9 Å². The predicted octanol–water partition coefficient (Wildman–Crippen LogP) is 5.56. The Morgan fingerprint density at radius 1 is 1.19 bits per heavy atom. The Labute approximate surface area is 215 Å². The van der Waals surface area contributed by atoms with Crippen LogP contribution in [0.3, 0.4) is 0 Å². The largest absolute Gasteiger partial charge is 0.444 e. The molecule has 1 aliphatic carbocycles. The molecule has 0 radical (unpaired) electrons. The van der Waals surface area contributed by atoms with Crippen molar-refractivity contribution in [1.29, 1.82) is 0 Å². The van der Waals surface area contributed by atoms with Crippen molar-refractivity contribution in [2.45, 2.75) is 84.5 Å². The first-order chi connectivity index (χ1) is 17.0. The lowest BCUT2D eigenvalue weighted by Crippen LogP contribution is -2.36. The number of amides is 1. The number of aryl methyl sites for hydroxylation is 1. The van der Waals surface area contributed by atoms with Gasteiger partial charge in [-0.15, -0.1) is 0 Å². The fourth-order valence-electron chi connectivity index (χ4n) is 4.31. The standard InChI is InChI=1S/C27H41N7O2/c1-8-28-23-18(2)30-25(32-20-12-14-22(15-13-20)34(6)7)33-24(23)31-21-11-9-10-19(16-21)17-29-26(35)36-27(3,4)5/h8-11,16,20,22H,12-15,17H2,1-7H3,(H,29,35)(H2,30,31,32,33). The van der Waals surface area contributed by atoms with Gasteiger partial charge in [0.05, 0.1) is 5.69 Å². The van der Waals surface area contributed by atoms with Gasteiger partial charge >= 0.3 is 6.09 Å². The van der Waals surface area contributed by atoms with Crippen molar-refractivity contribution < 1.29 is 9.53 Å². The molecule has 1 amide bonds. The third-order valence-electron chi connectivity index (χ3n) is 6.10. The van der Waals surface area contributed by atoms with Gasteiger partial charge in [0.25, 0.3) is 0 Å². The highest BCUT2D eigenvalue weighted by molar-refractivity contribution is 5.75. The van der Waals surface area contributed by atoms with Crippen molar-refractivity contribution in [2.24, 2.45) is 4.99 Å². The molecule has 0 unspecified atom stereocenters. The lowest BCUT2D eigenvalue weighted by Gasteiger charge is -2.33. The molecule has 1 aliphatic rings. The topological polar surface area (TPSA) is 104 Å². The Morgan fingerprint density at radius 2 is 1.92 bits per heavy atom. The lowest BCUT2D eigenvalue weighted by atomic mass is 9.91. The van der Waals surface area contributed by atoms with E-state index in [-0.39, 0.29) is 0 Å². The third-order valence-corrected chi connectivity index (χ3v) is 6.10. The zero-order chi connectivity index (χ0) is 26.3. The van der Waals surface area contributed by atoms with Crippen molar-refractivity contribution in [3.63, 3.8) is 0 Å². The van der Waals surface area contributed by atoms with Crippen molar-refractivity contribution in [3.8, 4) is 0 Å². The summed E-state index contributed by atoms with van der Waals surface area (Å²) in [5, 5.41) is 9.75. The second-order valence-corrected chi connectivity index (χ2v) is 10.5. The number of carbonyl (C=O) groups is 1. The van der Waals surface area contributed by atoms with Crippen LogP contribution in [-0.2, 0) is 11.3 Å². The first kappa shape index (κ1) is 27.4. The number of benzene rings is 1. The van der Waals surface area contributed by atoms with Gasteiger partial charge in [-0.25, -0.2) is 9.78 Å². The number of alkyl carbamates (subject to hydrolysis) is 1. The fourth-order valence-corrected chi connectivity index (χ4v) is 4.31. The molecule has 0 atom stereocenters. The molecule has 3 N–H and O–H groups in total. The molecule has 1 fully saturated rings. The maximum Gasteiger partial charge on any atom is 0.407 e. The molecule has 36 heavy (non-hydrogen) atoms. The van der Waals surface area contributed by atoms with E-state index < -0.39 is 11.7 Å². The molecule has 1 saturated carbocycles. The van der Waals surface area contributed by atoms with E-state index in [0.29, 0.717) is 36.1 Å². The minimum Gasteiger partial charge on any atom is -0.444 e. The molecule has 9 heteroatoms. The van der Waals surface area contributed by atoms with Gasteiger partial charge in [0.1, 0.15) is 11.3 Å². The van der Waals surface area contributed by atoms with Crippen molar-refractivity contribution in [3.05, 3.63) is 35.5 Å². The van der Waals surface area contributed by atoms with Gasteiger partial charge in [0, 0.05) is 30.5 Å². The van der Waals surface area contributed by atoms with E-state index in [0.717, 1.165) is 42.6 Å². The monoisotopic (exact) mass is 495 g/mol. The molecule has 2 aromatic rings. The number of rotatable bonds is 8. The van der Waals surface area contributed by atoms with E-state index >= 15 is 0 Å². The van der Waals surface area contributed by atoms with Crippen LogP contribution < -0.4 is 16.0 Å². The van der Waals surface area contributed by atoms with Crippen LogP contribution in [0.15, 0.2) is 29.3 Å². The molecule has 0 spiro atoms. The Kier molecular flexibility index (Phi) is 9.25. The number of ether oxygens (including phenoxy) is 1. The van der Waals surface area contributed by atoms with Crippen LogP contribution in [0.1, 0.15) is 64.6 Å². The number of hydrogen-bond donors (Lipinski definition) is 3. The highest BCUT2D eigenvalue weighted by Gasteiger charge is 2.23. The normalized spacial score (nSPS) is 18.3. The summed E-state index contributed by atoms with van der Waals surface area (Å²) >= 11 is 0. The quantitative estimate of drug-likeness (QED) is 0.412. The Morgan fingerprint density at radius 3 is 2.56 bits per heavy atom. The van der Waals surface area contributed by atoms with E-state index in [4.69, 9.17) is 14.7 Å². The number of nitrogens with one attached hydrogen (secondary N) is 3. The number of hydrogen-bond acceptors (Lipinski definition) is 8. The van der Waals surface area contributed by atoms with Gasteiger partial charge in [-0.1, -0.05) is 12.1 Å². The average molecular weight is 496 g/mol. The van der Waals surface area contributed by atoms with Gasteiger partial charge in [0.15, 0.2) is 5.82 Å². The highest BCUT2D eigenvalue weighted by Crippen LogP contribution is 2.31. The summed E-state index contributed by atoms with van der Waals surface area (Å²) in [4.78, 5) is 28.3. The van der Waals surface area contributed by atoms with Crippen LogP contribution >= 0.6 is 0 Å². The Balaban J connectivity index is 1.73. The highest BCUT2D eigenvalue weighted by atomic mass is 16.6. The SMILES string of the molecule is CC=Nc1c(C)nc(NC2CCC(N(C)C)CC2)nc1Nc1cccc(CNC(=O)OC(C)(C)C)c1. The molecule has 1 heterocycles. The van der Waals surface area contributed by atoms with Gasteiger partial charge in [0.2, 0.25) is 5.95 Å². The van der Waals surface area contributed by atoms with Crippen molar-refractivity contribution >= 4 is 35.4 Å². The summed E-state index contributed by atoms with van der Waals surface area (Å²) in [6.45, 7) is 9.71. The van der Waals surface area contributed by atoms with Crippen LogP contribution in [0.4, 0.5) is 27.9 Å². The smallest absolute Gasteiger partial charge is 0.407 e. The van der Waals surface area contributed by atoms with E-state index in [9.17, 15) is 4.79 Å². The zero-order valence-electron chi connectivity index (χ0n) is 22.7.